The van der Waals surface area contributed by atoms with Gasteiger partial charge in [0.1, 0.15) is 0 Å². The summed E-state index contributed by atoms with van der Waals surface area (Å²) in [4.78, 5) is 2.51. The third-order valence-electron chi connectivity index (χ3n) is 4.96. The number of rotatable bonds is 3. The Hall–Kier alpha value is -0.0800. The lowest BCUT2D eigenvalue weighted by atomic mass is 9.69. The van der Waals surface area contributed by atoms with Gasteiger partial charge in [-0.3, -0.25) is 0 Å². The van der Waals surface area contributed by atoms with E-state index in [1.807, 2.05) is 0 Å². The monoisotopic (exact) mass is 239 g/mol. The molecule has 2 atom stereocenters. The highest BCUT2D eigenvalue weighted by Crippen LogP contribution is 2.40. The van der Waals surface area contributed by atoms with E-state index in [9.17, 15) is 5.11 Å². The second-order valence-electron chi connectivity index (χ2n) is 6.41. The Morgan fingerprint density at radius 1 is 1.24 bits per heavy atom. The van der Waals surface area contributed by atoms with E-state index in [0.717, 1.165) is 31.8 Å². The Labute approximate surface area is 106 Å². The van der Waals surface area contributed by atoms with Gasteiger partial charge in [-0.2, -0.15) is 0 Å². The Balaban J connectivity index is 1.87. The van der Waals surface area contributed by atoms with Crippen molar-refractivity contribution in [1.82, 2.24) is 4.90 Å². The standard InChI is InChI=1S/C15H29NO/c1-3-9-16-10-7-15(17,8-11-16)14-6-4-5-13(2)12-14/h13-14,17H,3-12H2,1-2H3. The van der Waals surface area contributed by atoms with Gasteiger partial charge >= 0.3 is 0 Å². The maximum Gasteiger partial charge on any atom is 0.0700 e. The fourth-order valence-electron chi connectivity index (χ4n) is 3.81. The van der Waals surface area contributed by atoms with Crippen LogP contribution in [0.2, 0.25) is 0 Å². The van der Waals surface area contributed by atoms with Crippen molar-refractivity contribution in [3.8, 4) is 0 Å². The van der Waals surface area contributed by atoms with Crippen LogP contribution in [0.25, 0.3) is 0 Å². The van der Waals surface area contributed by atoms with Crippen molar-refractivity contribution in [2.75, 3.05) is 19.6 Å². The van der Waals surface area contributed by atoms with E-state index in [0.29, 0.717) is 5.92 Å². The molecule has 2 heteroatoms. The highest BCUT2D eigenvalue weighted by Gasteiger charge is 2.40. The Kier molecular flexibility index (Phi) is 4.48. The number of nitrogens with zero attached hydrogens (tertiary/aromatic N) is 1. The summed E-state index contributed by atoms with van der Waals surface area (Å²) in [5, 5.41) is 10.9. The van der Waals surface area contributed by atoms with Gasteiger partial charge < -0.3 is 10.0 Å². The van der Waals surface area contributed by atoms with Crippen molar-refractivity contribution in [2.24, 2.45) is 11.8 Å². The predicted octanol–water partition coefficient (Wildman–Crippen LogP) is 3.05. The summed E-state index contributed by atoms with van der Waals surface area (Å²) >= 11 is 0. The van der Waals surface area contributed by atoms with Crippen LogP contribution in [0.1, 0.15) is 58.8 Å². The van der Waals surface area contributed by atoms with Gasteiger partial charge in [-0.15, -0.1) is 0 Å². The van der Waals surface area contributed by atoms with Crippen molar-refractivity contribution >= 4 is 0 Å². The highest BCUT2D eigenvalue weighted by atomic mass is 16.3. The van der Waals surface area contributed by atoms with Gasteiger partial charge in [-0.05, 0) is 50.5 Å². The molecule has 0 aromatic rings. The molecule has 0 radical (unpaired) electrons. The minimum absolute atomic E-state index is 0.334. The normalized spacial score (nSPS) is 34.8. The largest absolute Gasteiger partial charge is 0.390 e. The van der Waals surface area contributed by atoms with Gasteiger partial charge in [0, 0.05) is 13.1 Å². The lowest BCUT2D eigenvalue weighted by Gasteiger charge is -2.45. The summed E-state index contributed by atoms with van der Waals surface area (Å²) in [6, 6.07) is 0. The minimum atomic E-state index is -0.334. The smallest absolute Gasteiger partial charge is 0.0700 e. The first-order chi connectivity index (χ1) is 8.14. The molecular weight excluding hydrogens is 210 g/mol. The van der Waals surface area contributed by atoms with Gasteiger partial charge in [-0.25, -0.2) is 0 Å². The van der Waals surface area contributed by atoms with E-state index >= 15 is 0 Å². The second kappa shape index (κ2) is 5.71. The van der Waals surface area contributed by atoms with Crippen molar-refractivity contribution in [2.45, 2.75) is 64.4 Å². The van der Waals surface area contributed by atoms with Crippen LogP contribution < -0.4 is 0 Å². The Morgan fingerprint density at radius 2 is 1.94 bits per heavy atom. The Morgan fingerprint density at radius 3 is 2.53 bits per heavy atom. The van der Waals surface area contributed by atoms with Crippen LogP contribution in [-0.4, -0.2) is 35.2 Å². The van der Waals surface area contributed by atoms with Gasteiger partial charge in [0.05, 0.1) is 5.60 Å². The van der Waals surface area contributed by atoms with Gasteiger partial charge in [0.15, 0.2) is 0 Å². The molecule has 0 aromatic carbocycles. The molecule has 100 valence electrons. The molecule has 0 bridgehead atoms. The molecule has 2 rings (SSSR count). The molecule has 1 N–H and O–H groups in total. The van der Waals surface area contributed by atoms with Crippen molar-refractivity contribution < 1.29 is 5.11 Å². The SMILES string of the molecule is CCCN1CCC(O)(C2CCCC(C)C2)CC1. The van der Waals surface area contributed by atoms with E-state index in [-0.39, 0.29) is 5.60 Å². The lowest BCUT2D eigenvalue weighted by Crippen LogP contribution is -2.49. The number of hydrogen-bond donors (Lipinski definition) is 1. The molecule has 2 unspecified atom stereocenters. The molecule has 0 amide bonds. The van der Waals surface area contributed by atoms with Crippen molar-refractivity contribution in [1.29, 1.82) is 0 Å². The molecule has 2 nitrogen and oxygen atoms in total. The van der Waals surface area contributed by atoms with Crippen LogP contribution in [0.3, 0.4) is 0 Å². The van der Waals surface area contributed by atoms with E-state index < -0.39 is 0 Å². The molecule has 1 heterocycles. The summed E-state index contributed by atoms with van der Waals surface area (Å²) in [6.45, 7) is 8.01. The summed E-state index contributed by atoms with van der Waals surface area (Å²) < 4.78 is 0. The van der Waals surface area contributed by atoms with E-state index in [1.54, 1.807) is 0 Å². The number of hydrogen-bond acceptors (Lipinski definition) is 2. The van der Waals surface area contributed by atoms with Gasteiger partial charge in [0.2, 0.25) is 0 Å². The molecular formula is C15H29NO. The molecule has 0 spiro atoms. The third kappa shape index (κ3) is 3.23. The molecule has 2 aliphatic rings. The Bertz CT molecular complexity index is 233. The van der Waals surface area contributed by atoms with E-state index in [4.69, 9.17) is 0 Å². The zero-order valence-electron chi connectivity index (χ0n) is 11.6. The fraction of sp³-hybridized carbons (Fsp3) is 1.00. The number of likely N-dealkylation sites (tertiary alicyclic amines) is 1. The molecule has 2 fully saturated rings. The van der Waals surface area contributed by atoms with Crippen LogP contribution in [0.4, 0.5) is 0 Å². The zero-order chi connectivity index (χ0) is 12.3. The topological polar surface area (TPSA) is 23.5 Å². The lowest BCUT2D eigenvalue weighted by molar-refractivity contribution is -0.0822. The third-order valence-corrected chi connectivity index (χ3v) is 4.96. The van der Waals surface area contributed by atoms with Gasteiger partial charge in [0.25, 0.3) is 0 Å². The molecule has 1 saturated carbocycles. The summed E-state index contributed by atoms with van der Waals surface area (Å²) in [5.41, 5.74) is -0.334. The fourth-order valence-corrected chi connectivity index (χ4v) is 3.81. The van der Waals surface area contributed by atoms with Gasteiger partial charge in [-0.1, -0.05) is 26.7 Å². The molecule has 1 aliphatic carbocycles. The maximum atomic E-state index is 10.9. The summed E-state index contributed by atoms with van der Waals surface area (Å²) in [7, 11) is 0. The van der Waals surface area contributed by atoms with Crippen molar-refractivity contribution in [3.05, 3.63) is 0 Å². The molecule has 0 aromatic heterocycles. The van der Waals surface area contributed by atoms with Crippen molar-refractivity contribution in [3.63, 3.8) is 0 Å². The number of piperidine rings is 1. The van der Waals surface area contributed by atoms with Crippen LogP contribution >= 0.6 is 0 Å². The van der Waals surface area contributed by atoms with E-state index in [2.05, 4.69) is 18.7 Å². The maximum absolute atomic E-state index is 10.9. The summed E-state index contributed by atoms with van der Waals surface area (Å²) in [6.07, 6.45) is 8.45. The average molecular weight is 239 g/mol. The molecule has 1 saturated heterocycles. The van der Waals surface area contributed by atoms with Crippen LogP contribution in [0, 0.1) is 11.8 Å². The van der Waals surface area contributed by atoms with E-state index in [1.165, 1.54) is 38.6 Å². The number of aliphatic hydroxyl groups is 1. The average Bonchev–Trinajstić information content (AvgIpc) is 2.33. The first kappa shape index (κ1) is 13.4. The van der Waals surface area contributed by atoms with Crippen LogP contribution in [0.5, 0.6) is 0 Å². The first-order valence-corrected chi connectivity index (χ1v) is 7.59. The highest BCUT2D eigenvalue weighted by molar-refractivity contribution is 4.93. The molecule has 1 aliphatic heterocycles. The quantitative estimate of drug-likeness (QED) is 0.818. The van der Waals surface area contributed by atoms with Crippen LogP contribution in [-0.2, 0) is 0 Å². The minimum Gasteiger partial charge on any atom is -0.390 e. The first-order valence-electron chi connectivity index (χ1n) is 7.59. The zero-order valence-corrected chi connectivity index (χ0v) is 11.6. The second-order valence-corrected chi connectivity index (χ2v) is 6.41. The van der Waals surface area contributed by atoms with Crippen LogP contribution in [0.15, 0.2) is 0 Å². The molecule has 17 heavy (non-hydrogen) atoms. The summed E-state index contributed by atoms with van der Waals surface area (Å²) in [5.74, 6) is 1.40. The predicted molar refractivity (Wildman–Crippen MR) is 72.0 cm³/mol.